The lowest BCUT2D eigenvalue weighted by Crippen LogP contribution is -2.35. The van der Waals surface area contributed by atoms with E-state index in [1.165, 1.54) is 6.42 Å². The van der Waals surface area contributed by atoms with Gasteiger partial charge in [-0.3, -0.25) is 14.4 Å². The van der Waals surface area contributed by atoms with E-state index in [0.29, 0.717) is 17.7 Å². The molecule has 1 saturated heterocycles. The zero-order valence-electron chi connectivity index (χ0n) is 16.8. The summed E-state index contributed by atoms with van der Waals surface area (Å²) in [4.78, 5) is 38.7. The van der Waals surface area contributed by atoms with Gasteiger partial charge in [0.25, 0.3) is 11.8 Å². The number of rotatable bonds is 7. The van der Waals surface area contributed by atoms with Gasteiger partial charge < -0.3 is 15.5 Å². The van der Waals surface area contributed by atoms with Crippen molar-refractivity contribution in [2.75, 3.05) is 19.6 Å². The van der Waals surface area contributed by atoms with Gasteiger partial charge in [0.05, 0.1) is 0 Å². The van der Waals surface area contributed by atoms with Gasteiger partial charge in [0.1, 0.15) is 0 Å². The second kappa shape index (κ2) is 10.9. The molecule has 30 heavy (non-hydrogen) atoms. The van der Waals surface area contributed by atoms with Crippen LogP contribution in [0.3, 0.4) is 0 Å². The van der Waals surface area contributed by atoms with E-state index in [1.54, 1.807) is 24.3 Å². The van der Waals surface area contributed by atoms with Gasteiger partial charge in [0.2, 0.25) is 5.91 Å². The van der Waals surface area contributed by atoms with Crippen LogP contribution in [0.5, 0.6) is 0 Å². The molecule has 0 aliphatic carbocycles. The number of halogens is 1. The van der Waals surface area contributed by atoms with Crippen LogP contribution in [0.2, 0.25) is 0 Å². The van der Waals surface area contributed by atoms with Crippen molar-refractivity contribution >= 4 is 33.7 Å². The second-order valence-electron chi connectivity index (χ2n) is 7.34. The molecule has 0 radical (unpaired) electrons. The van der Waals surface area contributed by atoms with Crippen molar-refractivity contribution in [2.24, 2.45) is 0 Å². The Morgan fingerprint density at radius 2 is 1.63 bits per heavy atom. The normalized spacial score (nSPS) is 13.6. The Balaban J connectivity index is 1.42. The number of carbonyl (C=O) groups is 3. The summed E-state index contributed by atoms with van der Waals surface area (Å²) in [5.74, 6) is -0.309. The predicted octanol–water partition coefficient (Wildman–Crippen LogP) is 3.51. The van der Waals surface area contributed by atoms with E-state index in [9.17, 15) is 14.4 Å². The lowest BCUT2D eigenvalue weighted by molar-refractivity contribution is -0.121. The number of piperidine rings is 1. The maximum atomic E-state index is 12.6. The van der Waals surface area contributed by atoms with Crippen LogP contribution in [0.1, 0.15) is 52.0 Å². The number of nitrogens with one attached hydrogen (secondary N) is 2. The summed E-state index contributed by atoms with van der Waals surface area (Å²) in [5, 5.41) is 5.59. The SMILES string of the molecule is O=C(CCNC(=O)c1ccc(Br)cc1)NCc1cccc(C(=O)N2CCCCC2)c1. The van der Waals surface area contributed by atoms with Crippen molar-refractivity contribution in [1.82, 2.24) is 15.5 Å². The third-order valence-corrected chi connectivity index (χ3v) is 5.58. The molecule has 2 N–H and O–H groups in total. The first kappa shape index (κ1) is 22.0. The minimum atomic E-state index is -0.209. The van der Waals surface area contributed by atoms with Crippen molar-refractivity contribution < 1.29 is 14.4 Å². The highest BCUT2D eigenvalue weighted by Gasteiger charge is 2.18. The largest absolute Gasteiger partial charge is 0.352 e. The molecule has 0 aromatic heterocycles. The van der Waals surface area contributed by atoms with Gasteiger partial charge in [-0.1, -0.05) is 28.1 Å². The Kier molecular flexibility index (Phi) is 8.02. The van der Waals surface area contributed by atoms with E-state index >= 15 is 0 Å². The fraction of sp³-hybridized carbons (Fsp3) is 0.348. The molecule has 1 fully saturated rings. The lowest BCUT2D eigenvalue weighted by Gasteiger charge is -2.26. The van der Waals surface area contributed by atoms with Gasteiger partial charge in [-0.05, 0) is 61.2 Å². The first-order valence-electron chi connectivity index (χ1n) is 10.2. The summed E-state index contributed by atoms with van der Waals surface area (Å²) < 4.78 is 0.903. The molecule has 2 aromatic rings. The molecule has 3 rings (SSSR count). The third-order valence-electron chi connectivity index (χ3n) is 5.05. The standard InChI is InChI=1S/C23H26BrN3O3/c24-20-9-7-18(8-10-20)22(29)25-12-11-21(28)26-16-17-5-4-6-19(15-17)23(30)27-13-2-1-3-14-27/h4-10,15H,1-3,11-14,16H2,(H,25,29)(H,26,28). The molecule has 158 valence electrons. The monoisotopic (exact) mass is 471 g/mol. The quantitative estimate of drug-likeness (QED) is 0.648. The third kappa shape index (κ3) is 6.42. The van der Waals surface area contributed by atoms with Gasteiger partial charge in [-0.25, -0.2) is 0 Å². The van der Waals surface area contributed by atoms with Crippen molar-refractivity contribution in [3.8, 4) is 0 Å². The van der Waals surface area contributed by atoms with Crippen LogP contribution >= 0.6 is 15.9 Å². The molecule has 3 amide bonds. The summed E-state index contributed by atoms with van der Waals surface area (Å²) in [5.41, 5.74) is 2.09. The van der Waals surface area contributed by atoms with E-state index in [-0.39, 0.29) is 30.7 Å². The van der Waals surface area contributed by atoms with Crippen LogP contribution in [0, 0.1) is 0 Å². The fourth-order valence-corrected chi connectivity index (χ4v) is 3.64. The van der Waals surface area contributed by atoms with Gasteiger partial charge >= 0.3 is 0 Å². The van der Waals surface area contributed by atoms with Crippen molar-refractivity contribution in [2.45, 2.75) is 32.2 Å². The van der Waals surface area contributed by atoms with Crippen LogP contribution in [-0.4, -0.2) is 42.3 Å². The van der Waals surface area contributed by atoms with Crippen LogP contribution in [0.25, 0.3) is 0 Å². The average Bonchev–Trinajstić information content (AvgIpc) is 2.78. The minimum absolute atomic E-state index is 0.0542. The highest BCUT2D eigenvalue weighted by atomic mass is 79.9. The van der Waals surface area contributed by atoms with Gasteiger partial charge in [0.15, 0.2) is 0 Å². The number of likely N-dealkylation sites (tertiary alicyclic amines) is 1. The van der Waals surface area contributed by atoms with Crippen molar-refractivity contribution in [1.29, 1.82) is 0 Å². The van der Waals surface area contributed by atoms with Crippen LogP contribution in [0.15, 0.2) is 53.0 Å². The molecule has 7 heteroatoms. The minimum Gasteiger partial charge on any atom is -0.352 e. The van der Waals surface area contributed by atoms with E-state index < -0.39 is 0 Å². The maximum absolute atomic E-state index is 12.6. The molecule has 0 atom stereocenters. The molecule has 1 aliphatic heterocycles. The molecule has 0 unspecified atom stereocenters. The summed E-state index contributed by atoms with van der Waals surface area (Å²) in [6, 6.07) is 14.4. The molecular weight excluding hydrogens is 446 g/mol. The van der Waals surface area contributed by atoms with E-state index in [2.05, 4.69) is 26.6 Å². The van der Waals surface area contributed by atoms with Crippen LogP contribution in [0.4, 0.5) is 0 Å². The fourth-order valence-electron chi connectivity index (χ4n) is 3.38. The van der Waals surface area contributed by atoms with Gasteiger partial charge in [0, 0.05) is 48.2 Å². The Morgan fingerprint density at radius 1 is 0.900 bits per heavy atom. The van der Waals surface area contributed by atoms with Crippen LogP contribution < -0.4 is 10.6 Å². The van der Waals surface area contributed by atoms with Crippen molar-refractivity contribution in [3.05, 3.63) is 69.7 Å². The molecule has 6 nitrogen and oxygen atoms in total. The number of carbonyl (C=O) groups excluding carboxylic acids is 3. The molecule has 0 saturated carbocycles. The van der Waals surface area contributed by atoms with Gasteiger partial charge in [-0.15, -0.1) is 0 Å². The van der Waals surface area contributed by atoms with Gasteiger partial charge in [-0.2, -0.15) is 0 Å². The second-order valence-corrected chi connectivity index (χ2v) is 8.26. The number of benzene rings is 2. The summed E-state index contributed by atoms with van der Waals surface area (Å²) in [6.07, 6.45) is 3.48. The molecule has 1 aliphatic rings. The average molecular weight is 472 g/mol. The molecule has 1 heterocycles. The topological polar surface area (TPSA) is 78.5 Å². The van der Waals surface area contributed by atoms with E-state index in [0.717, 1.165) is 36.0 Å². The first-order valence-corrected chi connectivity index (χ1v) is 11.0. The highest BCUT2D eigenvalue weighted by molar-refractivity contribution is 9.10. The Bertz CT molecular complexity index is 893. The number of nitrogens with zero attached hydrogens (tertiary/aromatic N) is 1. The smallest absolute Gasteiger partial charge is 0.253 e. The van der Waals surface area contributed by atoms with E-state index in [1.807, 2.05) is 29.2 Å². The zero-order chi connectivity index (χ0) is 21.3. The van der Waals surface area contributed by atoms with E-state index in [4.69, 9.17) is 0 Å². The Labute approximate surface area is 185 Å². The summed E-state index contributed by atoms with van der Waals surface area (Å²) >= 11 is 3.33. The molecule has 2 aromatic carbocycles. The molecular formula is C23H26BrN3O3. The number of amides is 3. The lowest BCUT2D eigenvalue weighted by atomic mass is 10.1. The maximum Gasteiger partial charge on any atom is 0.253 e. The number of hydrogen-bond acceptors (Lipinski definition) is 3. The summed E-state index contributed by atoms with van der Waals surface area (Å²) in [6.45, 7) is 2.23. The Hall–Kier alpha value is -2.67. The Morgan fingerprint density at radius 3 is 2.37 bits per heavy atom. The first-order chi connectivity index (χ1) is 14.5. The van der Waals surface area contributed by atoms with Crippen molar-refractivity contribution in [3.63, 3.8) is 0 Å². The predicted molar refractivity (Wildman–Crippen MR) is 119 cm³/mol. The highest BCUT2D eigenvalue weighted by Crippen LogP contribution is 2.14. The molecule has 0 bridgehead atoms. The zero-order valence-corrected chi connectivity index (χ0v) is 18.4. The number of hydrogen-bond donors (Lipinski definition) is 2. The summed E-state index contributed by atoms with van der Waals surface area (Å²) in [7, 11) is 0. The molecule has 0 spiro atoms. The van der Waals surface area contributed by atoms with Crippen LogP contribution in [-0.2, 0) is 11.3 Å².